The second kappa shape index (κ2) is 9.38. The van der Waals surface area contributed by atoms with Crippen LogP contribution in [0.5, 0.6) is 0 Å². The van der Waals surface area contributed by atoms with Crippen molar-refractivity contribution in [2.45, 2.75) is 24.8 Å². The number of benzene rings is 2. The number of aryl methyl sites for hydroxylation is 1. The largest absolute Gasteiger partial charge is 0.449 e. The summed E-state index contributed by atoms with van der Waals surface area (Å²) >= 11 is 0. The Hall–Kier alpha value is -2.75. The minimum Gasteiger partial charge on any atom is -0.449 e. The quantitative estimate of drug-likeness (QED) is 0.702. The number of hydrogen-bond acceptors (Lipinski definition) is 6. The van der Waals surface area contributed by atoms with Crippen molar-refractivity contribution in [3.8, 4) is 0 Å². The summed E-state index contributed by atoms with van der Waals surface area (Å²) in [5.74, 6) is -1.10. The van der Waals surface area contributed by atoms with Gasteiger partial charge in [0.25, 0.3) is 5.91 Å². The molecule has 0 bridgehead atoms. The van der Waals surface area contributed by atoms with Gasteiger partial charge in [-0.25, -0.2) is 13.2 Å². The van der Waals surface area contributed by atoms with E-state index in [1.54, 1.807) is 18.2 Å². The van der Waals surface area contributed by atoms with Crippen LogP contribution in [0.4, 0.5) is 5.69 Å². The summed E-state index contributed by atoms with van der Waals surface area (Å²) in [6.07, 6.45) is -1.02. The lowest BCUT2D eigenvalue weighted by atomic mass is 10.1. The second-order valence-electron chi connectivity index (χ2n) is 6.95. The molecule has 8 nitrogen and oxygen atoms in total. The lowest BCUT2D eigenvalue weighted by Crippen LogP contribution is -2.40. The molecule has 1 heterocycles. The first kappa shape index (κ1) is 21.9. The number of rotatable bonds is 6. The number of ether oxygens (including phenoxy) is 2. The van der Waals surface area contributed by atoms with Gasteiger partial charge in [-0.2, -0.15) is 4.31 Å². The fourth-order valence-electron chi connectivity index (χ4n) is 2.94. The SMILES string of the molecule is Cc1cccc(C(=O)OC(C)C(=O)Nc2ccc(S(=O)(=O)N3CCOCC3)cc2)c1. The third-order valence-corrected chi connectivity index (χ3v) is 6.55. The molecule has 0 spiro atoms. The number of nitrogens with one attached hydrogen (secondary N) is 1. The van der Waals surface area contributed by atoms with Gasteiger partial charge in [0.2, 0.25) is 10.0 Å². The van der Waals surface area contributed by atoms with E-state index in [2.05, 4.69) is 5.32 Å². The number of amides is 1. The van der Waals surface area contributed by atoms with Crippen LogP contribution in [0.25, 0.3) is 0 Å². The zero-order valence-electron chi connectivity index (χ0n) is 16.8. The number of nitrogens with zero attached hydrogens (tertiary/aromatic N) is 1. The van der Waals surface area contributed by atoms with Gasteiger partial charge in [0.05, 0.1) is 23.7 Å². The van der Waals surface area contributed by atoms with Crippen LogP contribution in [0.2, 0.25) is 0 Å². The molecule has 30 heavy (non-hydrogen) atoms. The smallest absolute Gasteiger partial charge is 0.338 e. The third-order valence-electron chi connectivity index (χ3n) is 4.64. The number of sulfonamides is 1. The number of hydrogen-bond donors (Lipinski definition) is 1. The first-order valence-corrected chi connectivity index (χ1v) is 11.0. The average molecular weight is 432 g/mol. The van der Waals surface area contributed by atoms with Crippen molar-refractivity contribution in [1.29, 1.82) is 0 Å². The van der Waals surface area contributed by atoms with Gasteiger partial charge in [-0.15, -0.1) is 0 Å². The molecule has 1 aliphatic heterocycles. The van der Waals surface area contributed by atoms with Crippen LogP contribution in [-0.2, 0) is 24.3 Å². The van der Waals surface area contributed by atoms with Crippen LogP contribution >= 0.6 is 0 Å². The van der Waals surface area contributed by atoms with E-state index in [9.17, 15) is 18.0 Å². The third kappa shape index (κ3) is 5.24. The van der Waals surface area contributed by atoms with Crippen molar-refractivity contribution in [3.05, 3.63) is 59.7 Å². The zero-order valence-corrected chi connectivity index (χ0v) is 17.6. The van der Waals surface area contributed by atoms with E-state index in [0.717, 1.165) is 5.56 Å². The summed E-state index contributed by atoms with van der Waals surface area (Å²) in [6.45, 7) is 4.68. The molecule has 2 aromatic carbocycles. The van der Waals surface area contributed by atoms with Crippen LogP contribution in [-0.4, -0.2) is 57.0 Å². The fraction of sp³-hybridized carbons (Fsp3) is 0.333. The molecule has 1 unspecified atom stereocenters. The van der Waals surface area contributed by atoms with Crippen molar-refractivity contribution in [1.82, 2.24) is 4.31 Å². The number of esters is 1. The highest BCUT2D eigenvalue weighted by atomic mass is 32.2. The van der Waals surface area contributed by atoms with Crippen LogP contribution in [0, 0.1) is 6.92 Å². The first-order valence-electron chi connectivity index (χ1n) is 9.54. The molecule has 9 heteroatoms. The maximum atomic E-state index is 12.6. The predicted octanol–water partition coefficient (Wildman–Crippen LogP) is 2.20. The van der Waals surface area contributed by atoms with E-state index in [4.69, 9.17) is 9.47 Å². The van der Waals surface area contributed by atoms with Gasteiger partial charge >= 0.3 is 5.97 Å². The first-order chi connectivity index (χ1) is 14.3. The Kier molecular flexibility index (Phi) is 6.86. The molecule has 1 amide bonds. The van der Waals surface area contributed by atoms with Crippen LogP contribution < -0.4 is 5.32 Å². The van der Waals surface area contributed by atoms with Gasteiger partial charge in [0.1, 0.15) is 0 Å². The Morgan fingerprint density at radius 3 is 2.40 bits per heavy atom. The molecule has 3 rings (SSSR count). The minimum absolute atomic E-state index is 0.140. The van der Waals surface area contributed by atoms with Crippen molar-refractivity contribution in [2.24, 2.45) is 0 Å². The predicted molar refractivity (Wildman–Crippen MR) is 111 cm³/mol. The van der Waals surface area contributed by atoms with Gasteiger partial charge in [0.15, 0.2) is 6.10 Å². The molecule has 1 saturated heterocycles. The van der Waals surface area contributed by atoms with Crippen molar-refractivity contribution in [3.63, 3.8) is 0 Å². The Morgan fingerprint density at radius 1 is 1.10 bits per heavy atom. The molecule has 1 N–H and O–H groups in total. The summed E-state index contributed by atoms with van der Waals surface area (Å²) in [7, 11) is -3.60. The molecule has 160 valence electrons. The van der Waals surface area contributed by atoms with E-state index in [1.165, 1.54) is 35.5 Å². The molecule has 2 aromatic rings. The van der Waals surface area contributed by atoms with Crippen molar-refractivity contribution >= 4 is 27.6 Å². The standard InChI is InChI=1S/C21H24N2O6S/c1-15-4-3-5-17(14-15)21(25)29-16(2)20(24)22-18-6-8-19(9-7-18)30(26,27)23-10-12-28-13-11-23/h3-9,14,16H,10-13H2,1-2H3,(H,22,24). The summed E-state index contributed by atoms with van der Waals surface area (Å²) in [4.78, 5) is 24.7. The Labute approximate surface area is 175 Å². The Bertz CT molecular complexity index is 1010. The summed E-state index contributed by atoms with van der Waals surface area (Å²) in [5, 5.41) is 2.62. The summed E-state index contributed by atoms with van der Waals surface area (Å²) in [6, 6.07) is 12.8. The molecule has 0 radical (unpaired) electrons. The second-order valence-corrected chi connectivity index (χ2v) is 8.89. The molecule has 0 saturated carbocycles. The van der Waals surface area contributed by atoms with Gasteiger partial charge < -0.3 is 14.8 Å². The highest BCUT2D eigenvalue weighted by molar-refractivity contribution is 7.89. The number of morpholine rings is 1. The van der Waals surface area contributed by atoms with Crippen molar-refractivity contribution in [2.75, 3.05) is 31.6 Å². The monoisotopic (exact) mass is 432 g/mol. The van der Waals surface area contributed by atoms with Gasteiger partial charge in [0, 0.05) is 18.8 Å². The topological polar surface area (TPSA) is 102 Å². The van der Waals surface area contributed by atoms with Crippen LogP contribution in [0.3, 0.4) is 0 Å². The number of carbonyl (C=O) groups excluding carboxylic acids is 2. The Balaban J connectivity index is 1.60. The van der Waals surface area contributed by atoms with Gasteiger partial charge in [-0.1, -0.05) is 17.7 Å². The molecule has 1 aliphatic rings. The fourth-order valence-corrected chi connectivity index (χ4v) is 4.35. The van der Waals surface area contributed by atoms with E-state index < -0.39 is 28.0 Å². The van der Waals surface area contributed by atoms with Crippen molar-refractivity contribution < 1.29 is 27.5 Å². The minimum atomic E-state index is -3.60. The van der Waals surface area contributed by atoms with Crippen LogP contribution in [0.1, 0.15) is 22.8 Å². The van der Waals surface area contributed by atoms with E-state index in [1.807, 2.05) is 13.0 Å². The molecular formula is C21H24N2O6S. The molecule has 0 aromatic heterocycles. The highest BCUT2D eigenvalue weighted by Gasteiger charge is 2.26. The average Bonchev–Trinajstić information content (AvgIpc) is 2.74. The highest BCUT2D eigenvalue weighted by Crippen LogP contribution is 2.20. The van der Waals surface area contributed by atoms with E-state index in [0.29, 0.717) is 37.6 Å². The Morgan fingerprint density at radius 2 is 1.77 bits per heavy atom. The lowest BCUT2D eigenvalue weighted by Gasteiger charge is -2.26. The van der Waals surface area contributed by atoms with Crippen LogP contribution in [0.15, 0.2) is 53.4 Å². The number of anilines is 1. The van der Waals surface area contributed by atoms with E-state index in [-0.39, 0.29) is 4.90 Å². The maximum Gasteiger partial charge on any atom is 0.338 e. The normalized spacial score (nSPS) is 15.9. The molecular weight excluding hydrogens is 408 g/mol. The summed E-state index contributed by atoms with van der Waals surface area (Å²) < 4.78 is 37.0. The maximum absolute atomic E-state index is 12.6. The lowest BCUT2D eigenvalue weighted by molar-refractivity contribution is -0.123. The van der Waals surface area contributed by atoms with E-state index >= 15 is 0 Å². The number of carbonyl (C=O) groups is 2. The summed E-state index contributed by atoms with van der Waals surface area (Å²) in [5.41, 5.74) is 1.68. The van der Waals surface area contributed by atoms with Gasteiger partial charge in [-0.3, -0.25) is 4.79 Å². The zero-order chi connectivity index (χ0) is 21.7. The molecule has 1 fully saturated rings. The van der Waals surface area contributed by atoms with Gasteiger partial charge in [-0.05, 0) is 50.2 Å². The molecule has 1 atom stereocenters. The molecule has 0 aliphatic carbocycles.